The molecule has 0 atom stereocenters. The van der Waals surface area contributed by atoms with Crippen molar-refractivity contribution < 1.29 is 4.74 Å². The fourth-order valence-electron chi connectivity index (χ4n) is 2.14. The van der Waals surface area contributed by atoms with Crippen LogP contribution in [0.1, 0.15) is 12.0 Å². The summed E-state index contributed by atoms with van der Waals surface area (Å²) in [5.74, 6) is 7.37. The molecule has 1 aliphatic rings. The van der Waals surface area contributed by atoms with Gasteiger partial charge in [-0.2, -0.15) is 0 Å². The van der Waals surface area contributed by atoms with E-state index in [0.29, 0.717) is 18.9 Å². The van der Waals surface area contributed by atoms with E-state index in [0.717, 1.165) is 44.0 Å². The molecule has 0 spiro atoms. The lowest BCUT2D eigenvalue weighted by Crippen LogP contribution is -2.45. The van der Waals surface area contributed by atoms with Crippen LogP contribution in [0.3, 0.4) is 0 Å². The molecule has 0 bridgehead atoms. The van der Waals surface area contributed by atoms with Crippen molar-refractivity contribution in [1.82, 2.24) is 14.8 Å². The summed E-state index contributed by atoms with van der Waals surface area (Å²) in [4.78, 5) is 8.94. The zero-order valence-electron chi connectivity index (χ0n) is 12.5. The highest BCUT2D eigenvalue weighted by Crippen LogP contribution is 2.10. The summed E-state index contributed by atoms with van der Waals surface area (Å²) in [5, 5.41) is 0. The summed E-state index contributed by atoms with van der Waals surface area (Å²) >= 11 is 5.60. The van der Waals surface area contributed by atoms with Crippen LogP contribution >= 0.6 is 11.6 Å². The van der Waals surface area contributed by atoms with Crippen LogP contribution in [0.25, 0.3) is 0 Å². The maximum absolute atomic E-state index is 5.77. The number of rotatable bonds is 5. The second kappa shape index (κ2) is 8.89. The Morgan fingerprint density at radius 2 is 2.10 bits per heavy atom. The van der Waals surface area contributed by atoms with Crippen LogP contribution in [0.15, 0.2) is 18.5 Å². The van der Waals surface area contributed by atoms with Gasteiger partial charge in [-0.15, -0.1) is 11.6 Å². The standard InChI is InChI=1S/C16H22ClN3O/c1-19-6-8-20(9-7-19)10-11-21-16-12-15(13-18-14-16)4-2-3-5-17/h12-14H,3,5-11H2,1H3. The molecule has 0 aliphatic carbocycles. The number of likely N-dealkylation sites (N-methyl/N-ethyl adjacent to an activating group) is 1. The number of halogens is 1. The van der Waals surface area contributed by atoms with Gasteiger partial charge in [0.15, 0.2) is 0 Å². The summed E-state index contributed by atoms with van der Waals surface area (Å²) in [5.41, 5.74) is 0.872. The topological polar surface area (TPSA) is 28.6 Å². The maximum Gasteiger partial charge on any atom is 0.138 e. The van der Waals surface area contributed by atoms with Gasteiger partial charge in [-0.05, 0) is 13.1 Å². The molecule has 0 amide bonds. The highest BCUT2D eigenvalue weighted by Gasteiger charge is 2.13. The molecule has 4 nitrogen and oxygen atoms in total. The van der Waals surface area contributed by atoms with Crippen LogP contribution < -0.4 is 4.74 Å². The van der Waals surface area contributed by atoms with Gasteiger partial charge in [0.25, 0.3) is 0 Å². The zero-order valence-corrected chi connectivity index (χ0v) is 13.3. The third kappa shape index (κ3) is 5.92. The molecule has 2 heterocycles. The van der Waals surface area contributed by atoms with Gasteiger partial charge in [-0.3, -0.25) is 9.88 Å². The minimum absolute atomic E-state index is 0.557. The van der Waals surface area contributed by atoms with Crippen molar-refractivity contribution in [2.45, 2.75) is 6.42 Å². The normalized spacial score (nSPS) is 16.3. The summed E-state index contributed by atoms with van der Waals surface area (Å²) in [7, 11) is 2.16. The average Bonchev–Trinajstić information content (AvgIpc) is 2.50. The van der Waals surface area contributed by atoms with Gasteiger partial charge in [0.1, 0.15) is 12.4 Å². The van der Waals surface area contributed by atoms with Crippen molar-refractivity contribution in [3.8, 4) is 17.6 Å². The van der Waals surface area contributed by atoms with E-state index in [1.165, 1.54) is 0 Å². The molecule has 0 unspecified atom stereocenters. The summed E-state index contributed by atoms with van der Waals surface area (Å²) < 4.78 is 5.77. The predicted molar refractivity (Wildman–Crippen MR) is 85.9 cm³/mol. The fraction of sp³-hybridized carbons (Fsp3) is 0.562. The number of ether oxygens (including phenoxy) is 1. The molecular formula is C16H22ClN3O. The lowest BCUT2D eigenvalue weighted by Gasteiger charge is -2.32. The molecule has 1 aliphatic heterocycles. The van der Waals surface area contributed by atoms with Crippen LogP contribution in [0, 0.1) is 11.8 Å². The largest absolute Gasteiger partial charge is 0.491 e. The Hall–Kier alpha value is -1.28. The summed E-state index contributed by atoms with van der Waals surface area (Å²) in [6, 6.07) is 1.93. The minimum atomic E-state index is 0.557. The fourth-order valence-corrected chi connectivity index (χ4v) is 2.24. The highest BCUT2D eigenvalue weighted by atomic mass is 35.5. The van der Waals surface area contributed by atoms with E-state index >= 15 is 0 Å². The third-order valence-corrected chi connectivity index (χ3v) is 3.63. The molecule has 21 heavy (non-hydrogen) atoms. The van der Waals surface area contributed by atoms with Crippen molar-refractivity contribution in [3.63, 3.8) is 0 Å². The first-order valence-electron chi connectivity index (χ1n) is 7.31. The van der Waals surface area contributed by atoms with Gasteiger partial charge in [0, 0.05) is 56.8 Å². The van der Waals surface area contributed by atoms with Gasteiger partial charge < -0.3 is 9.64 Å². The Bertz CT molecular complexity index is 490. The molecule has 1 fully saturated rings. The molecular weight excluding hydrogens is 286 g/mol. The quantitative estimate of drug-likeness (QED) is 0.611. The molecule has 5 heteroatoms. The van der Waals surface area contributed by atoms with Crippen molar-refractivity contribution in [1.29, 1.82) is 0 Å². The minimum Gasteiger partial charge on any atom is -0.491 e. The van der Waals surface area contributed by atoms with E-state index < -0.39 is 0 Å². The Balaban J connectivity index is 1.75. The van der Waals surface area contributed by atoms with Crippen LogP contribution in [-0.2, 0) is 0 Å². The summed E-state index contributed by atoms with van der Waals surface area (Å²) in [6.45, 7) is 6.13. The molecule has 0 saturated carbocycles. The predicted octanol–water partition coefficient (Wildman–Crippen LogP) is 1.69. The van der Waals surface area contributed by atoms with Crippen molar-refractivity contribution in [3.05, 3.63) is 24.0 Å². The van der Waals surface area contributed by atoms with E-state index in [9.17, 15) is 0 Å². The van der Waals surface area contributed by atoms with E-state index in [2.05, 4.69) is 33.7 Å². The monoisotopic (exact) mass is 307 g/mol. The van der Waals surface area contributed by atoms with Crippen molar-refractivity contribution in [2.75, 3.05) is 52.3 Å². The second-order valence-corrected chi connectivity index (χ2v) is 5.52. The van der Waals surface area contributed by atoms with Crippen LogP contribution in [-0.4, -0.2) is 67.0 Å². The van der Waals surface area contributed by atoms with E-state index in [1.54, 1.807) is 12.4 Å². The second-order valence-electron chi connectivity index (χ2n) is 5.14. The number of aromatic nitrogens is 1. The van der Waals surface area contributed by atoms with E-state index in [1.807, 2.05) is 6.07 Å². The zero-order chi connectivity index (χ0) is 14.9. The summed E-state index contributed by atoms with van der Waals surface area (Å²) in [6.07, 6.45) is 4.17. The average molecular weight is 308 g/mol. The molecule has 0 aromatic carbocycles. The molecule has 1 saturated heterocycles. The third-order valence-electron chi connectivity index (χ3n) is 3.44. The Labute approximate surface area is 132 Å². The van der Waals surface area contributed by atoms with Gasteiger partial charge in [0.2, 0.25) is 0 Å². The van der Waals surface area contributed by atoms with Gasteiger partial charge in [-0.1, -0.05) is 11.8 Å². The lowest BCUT2D eigenvalue weighted by atomic mass is 10.2. The van der Waals surface area contributed by atoms with Crippen LogP contribution in [0.4, 0.5) is 0 Å². The molecule has 1 aromatic heterocycles. The number of hydrogen-bond donors (Lipinski definition) is 0. The lowest BCUT2D eigenvalue weighted by molar-refractivity contribution is 0.133. The number of nitrogens with zero attached hydrogens (tertiary/aromatic N) is 3. The van der Waals surface area contributed by atoms with E-state index in [-0.39, 0.29) is 0 Å². The number of alkyl halides is 1. The van der Waals surface area contributed by atoms with Crippen molar-refractivity contribution in [2.24, 2.45) is 0 Å². The number of pyridine rings is 1. The Morgan fingerprint density at radius 3 is 2.86 bits per heavy atom. The Morgan fingerprint density at radius 1 is 1.29 bits per heavy atom. The van der Waals surface area contributed by atoms with Crippen LogP contribution in [0.2, 0.25) is 0 Å². The van der Waals surface area contributed by atoms with Gasteiger partial charge >= 0.3 is 0 Å². The smallest absolute Gasteiger partial charge is 0.138 e. The van der Waals surface area contributed by atoms with E-state index in [4.69, 9.17) is 16.3 Å². The number of hydrogen-bond acceptors (Lipinski definition) is 4. The molecule has 1 aromatic rings. The highest BCUT2D eigenvalue weighted by molar-refractivity contribution is 6.18. The first-order valence-corrected chi connectivity index (χ1v) is 7.85. The molecule has 0 radical (unpaired) electrons. The molecule has 114 valence electrons. The SMILES string of the molecule is CN1CCN(CCOc2cncc(C#CCCCl)c2)CC1. The van der Waals surface area contributed by atoms with Gasteiger partial charge in [0.05, 0.1) is 6.20 Å². The Kier molecular flexibility index (Phi) is 6.81. The number of piperazine rings is 1. The maximum atomic E-state index is 5.77. The van der Waals surface area contributed by atoms with Crippen molar-refractivity contribution >= 4 is 11.6 Å². The molecule has 2 rings (SSSR count). The molecule has 0 N–H and O–H groups in total. The van der Waals surface area contributed by atoms with Crippen LogP contribution in [0.5, 0.6) is 5.75 Å². The first-order chi connectivity index (χ1) is 10.3. The van der Waals surface area contributed by atoms with Gasteiger partial charge in [-0.25, -0.2) is 0 Å². The first kappa shape index (κ1) is 16.1.